The molecule has 0 radical (unpaired) electrons. The maximum Gasteiger partial charge on any atom is 0.325 e. The summed E-state index contributed by atoms with van der Waals surface area (Å²) in [6.07, 6.45) is 4.24. The summed E-state index contributed by atoms with van der Waals surface area (Å²) in [7, 11) is 1.31. The van der Waals surface area contributed by atoms with Crippen LogP contribution in [-0.4, -0.2) is 64.6 Å². The molecular weight excluding hydrogens is 410 g/mol. The quantitative estimate of drug-likeness (QED) is 0.633. The lowest BCUT2D eigenvalue weighted by atomic mass is 9.72. The summed E-state index contributed by atoms with van der Waals surface area (Å²) in [5.41, 5.74) is 3.11. The topological polar surface area (TPSA) is 108 Å². The Bertz CT molecular complexity index is 1240. The van der Waals surface area contributed by atoms with Crippen LogP contribution < -0.4 is 4.90 Å². The molecule has 0 aliphatic carbocycles. The van der Waals surface area contributed by atoms with Crippen LogP contribution >= 0.6 is 0 Å². The van der Waals surface area contributed by atoms with Gasteiger partial charge in [-0.1, -0.05) is 12.1 Å². The molecule has 0 unspecified atom stereocenters. The molecule has 1 saturated heterocycles. The van der Waals surface area contributed by atoms with Gasteiger partial charge in [0.2, 0.25) is 5.91 Å². The number of nitrogens with one attached hydrogen (secondary N) is 1. The normalized spacial score (nSPS) is 17.1. The molecule has 4 heterocycles. The summed E-state index contributed by atoms with van der Waals surface area (Å²) in [5.74, 6) is -0.724. The summed E-state index contributed by atoms with van der Waals surface area (Å²) < 4.78 is 4.80. The number of fused-ring (bicyclic) bond motifs is 3. The number of carbonyl (C=O) groups excluding carboxylic acids is 3. The van der Waals surface area contributed by atoms with Crippen LogP contribution in [0.15, 0.2) is 36.7 Å². The van der Waals surface area contributed by atoms with Crippen LogP contribution in [0.2, 0.25) is 0 Å². The van der Waals surface area contributed by atoms with Gasteiger partial charge in [0.15, 0.2) is 0 Å². The van der Waals surface area contributed by atoms with Gasteiger partial charge >= 0.3 is 5.97 Å². The van der Waals surface area contributed by atoms with E-state index in [4.69, 9.17) is 4.74 Å². The Morgan fingerprint density at radius 2 is 2.00 bits per heavy atom. The largest absolute Gasteiger partial charge is 0.468 e. The van der Waals surface area contributed by atoms with E-state index in [-0.39, 0.29) is 18.4 Å². The molecule has 2 aromatic heterocycles. The Labute approximate surface area is 184 Å². The second kappa shape index (κ2) is 7.44. The van der Waals surface area contributed by atoms with Gasteiger partial charge in [-0.05, 0) is 43.0 Å². The van der Waals surface area contributed by atoms with Crippen LogP contribution in [0.3, 0.4) is 0 Å². The molecule has 1 N–H and O–H groups in total. The number of esters is 1. The molecule has 9 heteroatoms. The highest BCUT2D eigenvalue weighted by atomic mass is 16.5. The lowest BCUT2D eigenvalue weighted by Gasteiger charge is -2.38. The Kier molecular flexibility index (Phi) is 4.69. The molecule has 9 nitrogen and oxygen atoms in total. The summed E-state index contributed by atoms with van der Waals surface area (Å²) in [6.45, 7) is 2.72. The SMILES string of the molecule is COC(=O)CN1C(=O)C2(CCN(C(=O)c3cc4cn[nH]c4cn3)CC2)c2c(C)cccc21. The third-order valence-corrected chi connectivity index (χ3v) is 6.64. The molecule has 0 saturated carbocycles. The molecule has 2 amide bonds. The van der Waals surface area contributed by atoms with Gasteiger partial charge < -0.3 is 14.5 Å². The van der Waals surface area contributed by atoms with Gasteiger partial charge in [0, 0.05) is 24.2 Å². The molecule has 1 fully saturated rings. The number of ether oxygens (including phenoxy) is 1. The molecular formula is C23H23N5O4. The third-order valence-electron chi connectivity index (χ3n) is 6.64. The number of amides is 2. The van der Waals surface area contributed by atoms with E-state index in [1.807, 2.05) is 25.1 Å². The lowest BCUT2D eigenvalue weighted by molar-refractivity contribution is -0.140. The van der Waals surface area contributed by atoms with E-state index < -0.39 is 11.4 Å². The van der Waals surface area contributed by atoms with E-state index in [2.05, 4.69) is 15.2 Å². The number of anilines is 1. The maximum absolute atomic E-state index is 13.6. The minimum absolute atomic E-state index is 0.0998. The highest BCUT2D eigenvalue weighted by molar-refractivity contribution is 6.11. The molecule has 2 aliphatic rings. The average Bonchev–Trinajstić information content (AvgIpc) is 3.37. The van der Waals surface area contributed by atoms with Crippen molar-refractivity contribution in [1.29, 1.82) is 0 Å². The zero-order valence-corrected chi connectivity index (χ0v) is 17.9. The molecule has 32 heavy (non-hydrogen) atoms. The van der Waals surface area contributed by atoms with E-state index in [9.17, 15) is 14.4 Å². The highest BCUT2D eigenvalue weighted by Crippen LogP contribution is 2.49. The van der Waals surface area contributed by atoms with Crippen molar-refractivity contribution in [3.05, 3.63) is 53.5 Å². The van der Waals surface area contributed by atoms with Crippen LogP contribution in [0.4, 0.5) is 5.69 Å². The van der Waals surface area contributed by atoms with Gasteiger partial charge in [0.05, 0.1) is 30.4 Å². The van der Waals surface area contributed by atoms with Crippen LogP contribution in [0.25, 0.3) is 10.9 Å². The Morgan fingerprint density at radius 1 is 1.22 bits per heavy atom. The number of H-pyrrole nitrogens is 1. The van der Waals surface area contributed by atoms with Crippen molar-refractivity contribution in [1.82, 2.24) is 20.1 Å². The first-order valence-electron chi connectivity index (χ1n) is 10.5. The Balaban J connectivity index is 1.42. The van der Waals surface area contributed by atoms with Gasteiger partial charge in [0.1, 0.15) is 12.2 Å². The van der Waals surface area contributed by atoms with Crippen molar-refractivity contribution in [2.75, 3.05) is 31.6 Å². The van der Waals surface area contributed by atoms with Crippen molar-refractivity contribution in [2.45, 2.75) is 25.2 Å². The first-order valence-corrected chi connectivity index (χ1v) is 10.5. The maximum atomic E-state index is 13.6. The summed E-state index contributed by atoms with van der Waals surface area (Å²) in [4.78, 5) is 46.2. The lowest BCUT2D eigenvalue weighted by Crippen LogP contribution is -2.51. The van der Waals surface area contributed by atoms with E-state index in [1.165, 1.54) is 12.0 Å². The molecule has 164 valence electrons. The van der Waals surface area contributed by atoms with Crippen LogP contribution in [-0.2, 0) is 19.7 Å². The van der Waals surface area contributed by atoms with Crippen LogP contribution in [0, 0.1) is 6.92 Å². The van der Waals surface area contributed by atoms with Crippen LogP contribution in [0.5, 0.6) is 0 Å². The van der Waals surface area contributed by atoms with Gasteiger partial charge in [-0.15, -0.1) is 0 Å². The summed E-state index contributed by atoms with van der Waals surface area (Å²) in [5, 5.41) is 7.62. The number of hydrogen-bond acceptors (Lipinski definition) is 6. The van der Waals surface area contributed by atoms with Gasteiger partial charge in [-0.25, -0.2) is 4.98 Å². The van der Waals surface area contributed by atoms with Gasteiger partial charge in [0.25, 0.3) is 5.91 Å². The van der Waals surface area contributed by atoms with Crippen molar-refractivity contribution in [3.63, 3.8) is 0 Å². The second-order valence-electron chi connectivity index (χ2n) is 8.34. The molecule has 2 aliphatic heterocycles. The number of piperidine rings is 1. The molecule has 0 bridgehead atoms. The average molecular weight is 433 g/mol. The Hall–Kier alpha value is -3.75. The number of methoxy groups -OCH3 is 1. The number of nitrogens with zero attached hydrogens (tertiary/aromatic N) is 4. The second-order valence-corrected chi connectivity index (χ2v) is 8.34. The number of pyridine rings is 1. The van der Waals surface area contributed by atoms with E-state index in [1.54, 1.807) is 23.4 Å². The fourth-order valence-corrected chi connectivity index (χ4v) is 5.00. The number of rotatable bonds is 3. The zero-order chi connectivity index (χ0) is 22.5. The van der Waals surface area contributed by atoms with E-state index in [0.29, 0.717) is 31.6 Å². The van der Waals surface area contributed by atoms with Crippen molar-refractivity contribution in [2.24, 2.45) is 0 Å². The number of benzene rings is 1. The highest BCUT2D eigenvalue weighted by Gasteiger charge is 2.53. The number of aryl methyl sites for hydroxylation is 1. The fraction of sp³-hybridized carbons (Fsp3) is 0.348. The van der Waals surface area contributed by atoms with Crippen molar-refractivity contribution < 1.29 is 19.1 Å². The zero-order valence-electron chi connectivity index (χ0n) is 17.9. The van der Waals surface area contributed by atoms with Crippen molar-refractivity contribution >= 4 is 34.4 Å². The first-order chi connectivity index (χ1) is 15.4. The number of carbonyl (C=O) groups is 3. The molecule has 1 aromatic carbocycles. The van der Waals surface area contributed by atoms with Crippen molar-refractivity contribution in [3.8, 4) is 0 Å². The molecule has 1 spiro atoms. The third kappa shape index (κ3) is 2.96. The summed E-state index contributed by atoms with van der Waals surface area (Å²) in [6, 6.07) is 7.47. The van der Waals surface area contributed by atoms with Crippen LogP contribution in [0.1, 0.15) is 34.5 Å². The minimum Gasteiger partial charge on any atom is -0.468 e. The first kappa shape index (κ1) is 20.2. The monoisotopic (exact) mass is 433 g/mol. The van der Waals surface area contributed by atoms with Gasteiger partial charge in [-0.2, -0.15) is 5.10 Å². The summed E-state index contributed by atoms with van der Waals surface area (Å²) >= 11 is 0. The predicted octanol–water partition coefficient (Wildman–Crippen LogP) is 1.96. The number of aromatic nitrogens is 3. The molecule has 3 aromatic rings. The number of aromatic amines is 1. The molecule has 5 rings (SSSR count). The standard InChI is InChI=1S/C23H23N5O4/c1-14-4-3-5-18-20(14)23(22(31)28(18)13-19(29)32-2)6-8-27(9-7-23)21(30)16-10-15-11-25-26-17(15)12-24-16/h3-5,10-12H,6-9,13H2,1-2H3,(H,25,26). The predicted molar refractivity (Wildman–Crippen MR) is 116 cm³/mol. The molecule has 0 atom stereocenters. The fourth-order valence-electron chi connectivity index (χ4n) is 5.00. The minimum atomic E-state index is -0.743. The van der Waals surface area contributed by atoms with Gasteiger partial charge in [-0.3, -0.25) is 19.5 Å². The number of hydrogen-bond donors (Lipinski definition) is 1. The number of likely N-dealkylation sites (tertiary alicyclic amines) is 1. The Morgan fingerprint density at radius 3 is 2.75 bits per heavy atom. The van der Waals surface area contributed by atoms with E-state index in [0.717, 1.165) is 27.7 Å². The smallest absolute Gasteiger partial charge is 0.325 e. The van der Waals surface area contributed by atoms with E-state index >= 15 is 0 Å².